The number of hydrogen-bond acceptors (Lipinski definition) is 6. The summed E-state index contributed by atoms with van der Waals surface area (Å²) in [4.78, 5) is 12.6. The summed E-state index contributed by atoms with van der Waals surface area (Å²) < 4.78 is 16.2. The molecular formula is C24H22N4O4. The summed E-state index contributed by atoms with van der Waals surface area (Å²) >= 11 is 0. The van der Waals surface area contributed by atoms with Crippen LogP contribution in [0.15, 0.2) is 65.8 Å². The van der Waals surface area contributed by atoms with Crippen LogP contribution in [0.3, 0.4) is 0 Å². The fourth-order valence-electron chi connectivity index (χ4n) is 3.49. The second-order valence-corrected chi connectivity index (χ2v) is 6.81. The van der Waals surface area contributed by atoms with Gasteiger partial charge in [-0.3, -0.25) is 9.89 Å². The number of aromatic nitrogens is 2. The Kier molecular flexibility index (Phi) is 6.03. The summed E-state index contributed by atoms with van der Waals surface area (Å²) in [5.41, 5.74) is 4.84. The summed E-state index contributed by atoms with van der Waals surface area (Å²) in [5.74, 6) is 1.34. The second kappa shape index (κ2) is 9.22. The first-order valence-electron chi connectivity index (χ1n) is 9.82. The van der Waals surface area contributed by atoms with Crippen LogP contribution in [0, 0.1) is 0 Å². The molecule has 0 saturated carbocycles. The molecular weight excluding hydrogens is 408 g/mol. The first-order valence-corrected chi connectivity index (χ1v) is 9.82. The second-order valence-electron chi connectivity index (χ2n) is 6.81. The lowest BCUT2D eigenvalue weighted by Gasteiger charge is -2.09. The topological polar surface area (TPSA) is 97.8 Å². The van der Waals surface area contributed by atoms with Gasteiger partial charge in [-0.15, -0.1) is 0 Å². The minimum atomic E-state index is -0.430. The highest BCUT2D eigenvalue weighted by Crippen LogP contribution is 2.36. The van der Waals surface area contributed by atoms with Gasteiger partial charge in [0.25, 0.3) is 5.91 Å². The van der Waals surface area contributed by atoms with Crippen LogP contribution in [-0.2, 0) is 0 Å². The van der Waals surface area contributed by atoms with Gasteiger partial charge in [-0.25, -0.2) is 5.43 Å². The van der Waals surface area contributed by atoms with Crippen molar-refractivity contribution < 1.29 is 19.0 Å². The number of ether oxygens (including phenoxy) is 3. The number of nitrogens with one attached hydrogen (secondary N) is 2. The maximum atomic E-state index is 12.6. The molecule has 4 aromatic rings. The van der Waals surface area contributed by atoms with Gasteiger partial charge in [-0.2, -0.15) is 10.2 Å². The first kappa shape index (κ1) is 20.9. The lowest BCUT2D eigenvalue weighted by Crippen LogP contribution is -2.18. The van der Waals surface area contributed by atoms with Crippen molar-refractivity contribution in [2.45, 2.75) is 0 Å². The van der Waals surface area contributed by atoms with Gasteiger partial charge in [0.2, 0.25) is 0 Å². The molecule has 0 aliphatic carbocycles. The molecule has 0 saturated heterocycles. The lowest BCUT2D eigenvalue weighted by atomic mass is 10.0. The number of aromatic amines is 1. The number of benzene rings is 3. The Hall–Kier alpha value is -4.33. The predicted octanol–water partition coefficient (Wildman–Crippen LogP) is 4.02. The monoisotopic (exact) mass is 430 g/mol. The molecule has 0 unspecified atom stereocenters. The maximum absolute atomic E-state index is 12.6. The highest BCUT2D eigenvalue weighted by molar-refractivity contribution is 6.00. The number of methoxy groups -OCH3 is 3. The third-order valence-corrected chi connectivity index (χ3v) is 4.99. The van der Waals surface area contributed by atoms with Crippen molar-refractivity contribution in [3.8, 4) is 28.5 Å². The van der Waals surface area contributed by atoms with Crippen LogP contribution in [0.1, 0.15) is 16.1 Å². The minimum Gasteiger partial charge on any atom is -0.496 e. The molecule has 3 aromatic carbocycles. The van der Waals surface area contributed by atoms with Crippen molar-refractivity contribution >= 4 is 22.9 Å². The number of hydrogen-bond donors (Lipinski definition) is 2. The summed E-state index contributed by atoms with van der Waals surface area (Å²) in [6.45, 7) is 0. The zero-order valence-corrected chi connectivity index (χ0v) is 17.9. The van der Waals surface area contributed by atoms with E-state index in [-0.39, 0.29) is 5.69 Å². The smallest absolute Gasteiger partial charge is 0.289 e. The Morgan fingerprint density at radius 2 is 1.78 bits per heavy atom. The number of H-pyrrole nitrogens is 1. The molecule has 0 spiro atoms. The van der Waals surface area contributed by atoms with Crippen LogP contribution in [0.2, 0.25) is 0 Å². The fourth-order valence-corrected chi connectivity index (χ4v) is 3.49. The van der Waals surface area contributed by atoms with Gasteiger partial charge in [-0.1, -0.05) is 36.4 Å². The molecule has 1 aromatic heterocycles. The Morgan fingerprint density at radius 3 is 2.56 bits per heavy atom. The molecule has 0 radical (unpaired) electrons. The largest absolute Gasteiger partial charge is 0.496 e. The van der Waals surface area contributed by atoms with E-state index >= 15 is 0 Å². The number of rotatable bonds is 7. The highest BCUT2D eigenvalue weighted by Gasteiger charge is 2.16. The molecule has 0 bridgehead atoms. The van der Waals surface area contributed by atoms with E-state index in [0.717, 1.165) is 16.3 Å². The SMILES string of the molecule is COc1cccc(/C=N\NC(=O)c2cc(-c3c(OC)ccc4ccccc34)n[nH]2)c1OC. The summed E-state index contributed by atoms with van der Waals surface area (Å²) in [6, 6.07) is 18.9. The molecule has 8 heteroatoms. The Morgan fingerprint density at radius 1 is 0.969 bits per heavy atom. The molecule has 1 amide bonds. The molecule has 2 N–H and O–H groups in total. The van der Waals surface area contributed by atoms with E-state index in [0.29, 0.717) is 28.5 Å². The van der Waals surface area contributed by atoms with Gasteiger partial charge in [0.1, 0.15) is 11.4 Å². The molecule has 32 heavy (non-hydrogen) atoms. The van der Waals surface area contributed by atoms with E-state index in [1.54, 1.807) is 39.5 Å². The Labute approximate surface area is 184 Å². The van der Waals surface area contributed by atoms with Crippen molar-refractivity contribution in [2.24, 2.45) is 5.10 Å². The standard InChI is InChI=1S/C24H22N4O4/c1-30-20-12-11-15-7-4-5-9-17(15)22(20)18-13-19(27-26-18)24(29)28-25-14-16-8-6-10-21(31-2)23(16)32-3/h4-14H,1-3H3,(H,26,27)(H,28,29)/b25-14-. The molecule has 1 heterocycles. The zero-order valence-electron chi connectivity index (χ0n) is 17.9. The third-order valence-electron chi connectivity index (χ3n) is 4.99. The average Bonchev–Trinajstić information content (AvgIpc) is 3.33. The van der Waals surface area contributed by atoms with Crippen LogP contribution in [0.25, 0.3) is 22.0 Å². The van der Waals surface area contributed by atoms with Gasteiger partial charge in [0.05, 0.1) is 38.8 Å². The number of hydrazone groups is 1. The quantitative estimate of drug-likeness (QED) is 0.341. The van der Waals surface area contributed by atoms with Gasteiger partial charge in [0, 0.05) is 5.56 Å². The fraction of sp³-hybridized carbons (Fsp3) is 0.125. The highest BCUT2D eigenvalue weighted by atomic mass is 16.5. The van der Waals surface area contributed by atoms with Crippen molar-refractivity contribution in [1.29, 1.82) is 0 Å². The molecule has 162 valence electrons. The van der Waals surface area contributed by atoms with E-state index in [4.69, 9.17) is 14.2 Å². The molecule has 4 rings (SSSR count). The summed E-state index contributed by atoms with van der Waals surface area (Å²) in [5, 5.41) is 13.2. The molecule has 0 atom stereocenters. The number of nitrogens with zero attached hydrogens (tertiary/aromatic N) is 2. The van der Waals surface area contributed by atoms with Gasteiger partial charge in [0.15, 0.2) is 11.5 Å². The van der Waals surface area contributed by atoms with Crippen LogP contribution < -0.4 is 19.6 Å². The predicted molar refractivity (Wildman–Crippen MR) is 123 cm³/mol. The molecule has 8 nitrogen and oxygen atoms in total. The first-order chi connectivity index (χ1) is 15.7. The van der Waals surface area contributed by atoms with Crippen molar-refractivity contribution in [2.75, 3.05) is 21.3 Å². The maximum Gasteiger partial charge on any atom is 0.289 e. The van der Waals surface area contributed by atoms with Crippen LogP contribution in [-0.4, -0.2) is 43.6 Å². The molecule has 0 aliphatic rings. The van der Waals surface area contributed by atoms with E-state index in [1.807, 2.05) is 42.5 Å². The van der Waals surface area contributed by atoms with Crippen molar-refractivity contribution in [1.82, 2.24) is 15.6 Å². The number of carbonyl (C=O) groups excluding carboxylic acids is 1. The van der Waals surface area contributed by atoms with Crippen molar-refractivity contribution in [3.05, 3.63) is 71.9 Å². The summed E-state index contributed by atoms with van der Waals surface area (Å²) in [6.07, 6.45) is 1.49. The van der Waals surface area contributed by atoms with Crippen LogP contribution in [0.4, 0.5) is 0 Å². The molecule has 0 fully saturated rings. The van der Waals surface area contributed by atoms with E-state index in [9.17, 15) is 4.79 Å². The number of amides is 1. The van der Waals surface area contributed by atoms with Crippen molar-refractivity contribution in [3.63, 3.8) is 0 Å². The normalized spacial score (nSPS) is 11.0. The minimum absolute atomic E-state index is 0.268. The Bertz CT molecular complexity index is 1300. The van der Waals surface area contributed by atoms with E-state index < -0.39 is 5.91 Å². The lowest BCUT2D eigenvalue weighted by molar-refractivity contribution is 0.0950. The summed E-state index contributed by atoms with van der Waals surface area (Å²) in [7, 11) is 4.71. The Balaban J connectivity index is 1.57. The number of para-hydroxylation sites is 1. The number of carbonyl (C=O) groups is 1. The molecule has 0 aliphatic heterocycles. The van der Waals surface area contributed by atoms with E-state index in [1.165, 1.54) is 6.21 Å². The van der Waals surface area contributed by atoms with E-state index in [2.05, 4.69) is 20.7 Å². The zero-order chi connectivity index (χ0) is 22.5. The third kappa shape index (κ3) is 3.98. The van der Waals surface area contributed by atoms with Gasteiger partial charge in [-0.05, 0) is 35.0 Å². The number of fused-ring (bicyclic) bond motifs is 1. The van der Waals surface area contributed by atoms with Crippen LogP contribution >= 0.6 is 0 Å². The van der Waals surface area contributed by atoms with Crippen LogP contribution in [0.5, 0.6) is 17.2 Å². The van der Waals surface area contributed by atoms with Gasteiger partial charge < -0.3 is 14.2 Å². The van der Waals surface area contributed by atoms with Gasteiger partial charge >= 0.3 is 0 Å². The average molecular weight is 430 g/mol.